The number of hydrogen-bond donors (Lipinski definition) is 2. The Balaban J connectivity index is 1.77. The second-order valence-corrected chi connectivity index (χ2v) is 6.15. The highest BCUT2D eigenvalue weighted by Crippen LogP contribution is 2.34. The van der Waals surface area contributed by atoms with Gasteiger partial charge in [-0.3, -0.25) is 0 Å². The third-order valence-electron chi connectivity index (χ3n) is 3.95. The van der Waals surface area contributed by atoms with Crippen LogP contribution in [0.1, 0.15) is 11.4 Å². The van der Waals surface area contributed by atoms with Crippen LogP contribution in [0.2, 0.25) is 0 Å². The van der Waals surface area contributed by atoms with E-state index in [0.29, 0.717) is 13.2 Å². The number of morpholine rings is 1. The van der Waals surface area contributed by atoms with Gasteiger partial charge in [0.05, 0.1) is 30.8 Å². The molecule has 1 aliphatic rings. The zero-order chi connectivity index (χ0) is 20.1. The average Bonchev–Trinajstić information content (AvgIpc) is 2.66. The lowest BCUT2D eigenvalue weighted by Crippen LogP contribution is -2.43. The first-order valence-electron chi connectivity index (χ1n) is 8.33. The van der Waals surface area contributed by atoms with Gasteiger partial charge in [-0.25, -0.2) is 9.97 Å². The Hall–Kier alpha value is -3.04. The normalized spacial score (nSPS) is 17.8. The zero-order valence-electron chi connectivity index (χ0n) is 14.9. The van der Waals surface area contributed by atoms with Crippen LogP contribution in [0.5, 0.6) is 0 Å². The lowest BCUT2D eigenvalue weighted by atomic mass is 10.2. The van der Waals surface area contributed by atoms with Crippen LogP contribution in [0.15, 0.2) is 18.5 Å². The molecule has 0 bridgehead atoms. The summed E-state index contributed by atoms with van der Waals surface area (Å²) in [6, 6.07) is 3.02. The number of rotatable bonds is 5. The molecule has 0 saturated carbocycles. The second-order valence-electron chi connectivity index (χ2n) is 6.15. The Labute approximate surface area is 158 Å². The van der Waals surface area contributed by atoms with Crippen molar-refractivity contribution in [3.05, 3.63) is 29.8 Å². The van der Waals surface area contributed by atoms with E-state index in [1.165, 1.54) is 18.5 Å². The van der Waals surface area contributed by atoms with Crippen molar-refractivity contribution in [2.45, 2.75) is 12.3 Å². The van der Waals surface area contributed by atoms with Crippen LogP contribution in [-0.4, -0.2) is 64.5 Å². The molecule has 2 aromatic heterocycles. The van der Waals surface area contributed by atoms with Crippen LogP contribution in [0.4, 0.5) is 30.5 Å². The van der Waals surface area contributed by atoms with Crippen LogP contribution in [0.3, 0.4) is 0 Å². The first kappa shape index (κ1) is 19.7. The molecule has 3 rings (SSSR count). The number of alkyl halides is 3. The van der Waals surface area contributed by atoms with Crippen molar-refractivity contribution in [1.29, 1.82) is 5.26 Å². The summed E-state index contributed by atoms with van der Waals surface area (Å²) < 4.78 is 45.3. The number of nitriles is 1. The summed E-state index contributed by atoms with van der Waals surface area (Å²) in [5.41, 5.74) is -1.22. The molecule has 9 nitrogen and oxygen atoms in total. The van der Waals surface area contributed by atoms with E-state index in [2.05, 4.69) is 30.8 Å². The van der Waals surface area contributed by atoms with Gasteiger partial charge in [0.25, 0.3) is 0 Å². The quantitative estimate of drug-likeness (QED) is 0.781. The molecule has 2 N–H and O–H groups in total. The fourth-order valence-electron chi connectivity index (χ4n) is 2.59. The smallest absolute Gasteiger partial charge is 0.380 e. The van der Waals surface area contributed by atoms with Crippen molar-refractivity contribution >= 4 is 17.3 Å². The molecule has 0 spiro atoms. The number of nitrogens with one attached hydrogen (secondary N) is 2. The van der Waals surface area contributed by atoms with Crippen molar-refractivity contribution < 1.29 is 17.9 Å². The minimum absolute atomic E-state index is 0.0520. The summed E-state index contributed by atoms with van der Waals surface area (Å²) in [6.45, 7) is 2.10. The van der Waals surface area contributed by atoms with E-state index >= 15 is 0 Å². The summed E-state index contributed by atoms with van der Waals surface area (Å²) in [7, 11) is 1.92. The number of hydrogen-bond acceptors (Lipinski definition) is 9. The zero-order valence-corrected chi connectivity index (χ0v) is 14.9. The summed E-state index contributed by atoms with van der Waals surface area (Å²) in [5.74, 6) is 0.271. The van der Waals surface area contributed by atoms with E-state index in [1.54, 1.807) is 0 Å². The first-order valence-corrected chi connectivity index (χ1v) is 8.33. The fraction of sp³-hybridized carbons (Fsp3) is 0.438. The number of halogens is 3. The van der Waals surface area contributed by atoms with Gasteiger partial charge < -0.3 is 20.3 Å². The molecule has 0 amide bonds. The van der Waals surface area contributed by atoms with Crippen LogP contribution in [-0.2, 0) is 10.9 Å². The second kappa shape index (κ2) is 8.32. The number of anilines is 3. The molecule has 2 aromatic rings. The molecule has 1 atom stereocenters. The maximum atomic E-state index is 13.3. The Kier molecular flexibility index (Phi) is 5.86. The SMILES string of the molecule is CN1CCO[C@H](CNc2cc(Nc3cnc(C#N)cn3)nnc2C(F)(F)F)C1. The van der Waals surface area contributed by atoms with Gasteiger partial charge in [-0.1, -0.05) is 0 Å². The molecule has 0 unspecified atom stereocenters. The molecule has 0 aliphatic carbocycles. The third-order valence-corrected chi connectivity index (χ3v) is 3.95. The van der Waals surface area contributed by atoms with E-state index < -0.39 is 11.9 Å². The van der Waals surface area contributed by atoms with E-state index in [-0.39, 0.29) is 35.7 Å². The van der Waals surface area contributed by atoms with E-state index in [0.717, 1.165) is 6.54 Å². The average molecular weight is 394 g/mol. The van der Waals surface area contributed by atoms with Crippen LogP contribution in [0, 0.1) is 11.3 Å². The molecular formula is C16H17F3N8O. The molecule has 0 aromatic carbocycles. The molecule has 148 valence electrons. The predicted octanol–water partition coefficient (Wildman–Crippen LogP) is 1.64. The van der Waals surface area contributed by atoms with Crippen LogP contribution in [0.25, 0.3) is 0 Å². The summed E-state index contributed by atoms with van der Waals surface area (Å²) >= 11 is 0. The standard InChI is InChI=1S/C16H17F3N8O/c1-27-2-3-28-11(9-27)7-22-12-4-13(25-26-15(12)16(17,18)19)24-14-8-21-10(5-20)6-23-14/h4,6,8,11H,2-3,7,9H2,1H3,(H2,22,23,24,25)/t11-/m1/s1. The topological polar surface area (TPSA) is 112 Å². The monoisotopic (exact) mass is 394 g/mol. The molecule has 12 heteroatoms. The van der Waals surface area contributed by atoms with Crippen LogP contribution >= 0.6 is 0 Å². The van der Waals surface area contributed by atoms with Crippen LogP contribution < -0.4 is 10.6 Å². The minimum Gasteiger partial charge on any atom is -0.380 e. The van der Waals surface area contributed by atoms with Gasteiger partial charge in [-0.05, 0) is 7.05 Å². The van der Waals surface area contributed by atoms with Gasteiger partial charge in [-0.2, -0.15) is 18.4 Å². The number of aromatic nitrogens is 4. The van der Waals surface area contributed by atoms with Gasteiger partial charge in [0.2, 0.25) is 0 Å². The summed E-state index contributed by atoms with van der Waals surface area (Å²) in [4.78, 5) is 9.81. The van der Waals surface area contributed by atoms with Gasteiger partial charge >= 0.3 is 6.18 Å². The molecule has 0 radical (unpaired) electrons. The minimum atomic E-state index is -4.66. The van der Waals surface area contributed by atoms with Crippen molar-refractivity contribution in [2.75, 3.05) is 43.9 Å². The summed E-state index contributed by atoms with van der Waals surface area (Å²) in [5, 5.41) is 21.1. The maximum absolute atomic E-state index is 13.3. The third kappa shape index (κ3) is 5.02. The predicted molar refractivity (Wildman–Crippen MR) is 92.8 cm³/mol. The van der Waals surface area contributed by atoms with Crippen molar-refractivity contribution in [3.63, 3.8) is 0 Å². The van der Waals surface area contributed by atoms with Crippen molar-refractivity contribution in [3.8, 4) is 6.07 Å². The molecule has 3 heterocycles. The maximum Gasteiger partial charge on any atom is 0.437 e. The fourth-order valence-corrected chi connectivity index (χ4v) is 2.59. The highest BCUT2D eigenvalue weighted by atomic mass is 19.4. The van der Waals surface area contributed by atoms with Crippen molar-refractivity contribution in [2.24, 2.45) is 0 Å². The van der Waals surface area contributed by atoms with Gasteiger partial charge in [0, 0.05) is 25.7 Å². The van der Waals surface area contributed by atoms with E-state index in [1.807, 2.05) is 18.0 Å². The largest absolute Gasteiger partial charge is 0.437 e. The molecule has 1 saturated heterocycles. The van der Waals surface area contributed by atoms with E-state index in [4.69, 9.17) is 10.00 Å². The highest BCUT2D eigenvalue weighted by Gasteiger charge is 2.36. The number of likely N-dealkylation sites (N-methyl/N-ethyl adjacent to an activating group) is 1. The van der Waals surface area contributed by atoms with Crippen molar-refractivity contribution in [1.82, 2.24) is 25.1 Å². The summed E-state index contributed by atoms with van der Waals surface area (Å²) in [6.07, 6.45) is -2.40. The van der Waals surface area contributed by atoms with Gasteiger partial charge in [-0.15, -0.1) is 10.2 Å². The number of ether oxygens (including phenoxy) is 1. The molecule has 1 fully saturated rings. The highest BCUT2D eigenvalue weighted by molar-refractivity contribution is 5.60. The lowest BCUT2D eigenvalue weighted by molar-refractivity contribution is -0.141. The van der Waals surface area contributed by atoms with E-state index in [9.17, 15) is 13.2 Å². The molecular weight excluding hydrogens is 377 g/mol. The van der Waals surface area contributed by atoms with Gasteiger partial charge in [0.1, 0.15) is 11.9 Å². The molecule has 1 aliphatic heterocycles. The lowest BCUT2D eigenvalue weighted by Gasteiger charge is -2.30. The Morgan fingerprint density at radius 1 is 1.29 bits per heavy atom. The Morgan fingerprint density at radius 3 is 2.75 bits per heavy atom. The Morgan fingerprint density at radius 2 is 2.11 bits per heavy atom. The van der Waals surface area contributed by atoms with Gasteiger partial charge in [0.15, 0.2) is 17.2 Å². The Bertz CT molecular complexity index is 852. The molecule has 28 heavy (non-hydrogen) atoms. The number of nitrogens with zero attached hydrogens (tertiary/aromatic N) is 6. The first-order chi connectivity index (χ1) is 13.3.